The number of nitrogens with two attached hydrogens (primary N) is 1. The maximum absolute atomic E-state index is 13.1. The molecular formula is C12H14FN3O. The third-order valence-electron chi connectivity index (χ3n) is 2.31. The summed E-state index contributed by atoms with van der Waals surface area (Å²) in [6.07, 6.45) is 0. The Morgan fingerprint density at radius 2 is 1.94 bits per heavy atom. The van der Waals surface area contributed by atoms with Gasteiger partial charge in [0.1, 0.15) is 5.82 Å². The number of nitrogen functional groups attached to an aromatic ring is 1. The highest BCUT2D eigenvalue weighted by atomic mass is 19.1. The lowest BCUT2D eigenvalue weighted by molar-refractivity contribution is 0.399. The summed E-state index contributed by atoms with van der Waals surface area (Å²) in [6, 6.07) is 4.06. The molecule has 0 radical (unpaired) electrons. The minimum atomic E-state index is -0.385. The smallest absolute Gasteiger partial charge is 0.249 e. The predicted octanol–water partition coefficient (Wildman–Crippen LogP) is 2.76. The van der Waals surface area contributed by atoms with Gasteiger partial charge in [-0.05, 0) is 18.2 Å². The van der Waals surface area contributed by atoms with Crippen molar-refractivity contribution in [3.05, 3.63) is 29.9 Å². The van der Waals surface area contributed by atoms with Crippen molar-refractivity contribution in [2.45, 2.75) is 26.2 Å². The number of hydrogen-bond acceptors (Lipinski definition) is 4. The average Bonchev–Trinajstić information content (AvgIpc) is 2.70. The Hall–Kier alpha value is -1.91. The number of nitrogens with zero attached hydrogens (tertiary/aromatic N) is 2. The van der Waals surface area contributed by atoms with Crippen LogP contribution in [-0.4, -0.2) is 10.2 Å². The van der Waals surface area contributed by atoms with Crippen molar-refractivity contribution in [1.29, 1.82) is 0 Å². The fraction of sp³-hybridized carbons (Fsp3) is 0.333. The Labute approximate surface area is 98.7 Å². The molecule has 0 unspecified atom stereocenters. The Bertz CT molecular complexity index is 543. The maximum atomic E-state index is 13.1. The molecule has 1 heterocycles. The standard InChI is InChI=1S/C12H14FN3O/c1-12(2,3)11-16-15-10(17-11)8-6-7(13)4-5-9(8)14/h4-6H,14H2,1-3H3. The van der Waals surface area contributed by atoms with E-state index in [4.69, 9.17) is 10.2 Å². The van der Waals surface area contributed by atoms with Gasteiger partial charge in [0.2, 0.25) is 11.8 Å². The third kappa shape index (κ3) is 2.27. The zero-order chi connectivity index (χ0) is 12.6. The average molecular weight is 235 g/mol. The highest BCUT2D eigenvalue weighted by Crippen LogP contribution is 2.28. The van der Waals surface area contributed by atoms with E-state index in [-0.39, 0.29) is 17.1 Å². The molecule has 2 rings (SSSR count). The number of anilines is 1. The van der Waals surface area contributed by atoms with Crippen LogP contribution in [0.5, 0.6) is 0 Å². The molecule has 17 heavy (non-hydrogen) atoms. The van der Waals surface area contributed by atoms with Gasteiger partial charge >= 0.3 is 0 Å². The molecule has 0 aliphatic heterocycles. The van der Waals surface area contributed by atoms with Crippen molar-refractivity contribution in [2.24, 2.45) is 0 Å². The molecule has 0 amide bonds. The van der Waals surface area contributed by atoms with Crippen LogP contribution >= 0.6 is 0 Å². The zero-order valence-corrected chi connectivity index (χ0v) is 9.99. The molecule has 0 bridgehead atoms. The van der Waals surface area contributed by atoms with Crippen molar-refractivity contribution < 1.29 is 8.81 Å². The lowest BCUT2D eigenvalue weighted by atomic mass is 9.97. The molecule has 0 aliphatic carbocycles. The summed E-state index contributed by atoms with van der Waals surface area (Å²) in [5.41, 5.74) is 6.34. The molecule has 0 saturated carbocycles. The number of hydrogen-bond donors (Lipinski definition) is 1. The van der Waals surface area contributed by atoms with E-state index in [0.717, 1.165) is 0 Å². The Morgan fingerprint density at radius 1 is 1.24 bits per heavy atom. The van der Waals surface area contributed by atoms with Crippen LogP contribution in [0.2, 0.25) is 0 Å². The highest BCUT2D eigenvalue weighted by molar-refractivity contribution is 5.70. The van der Waals surface area contributed by atoms with E-state index in [9.17, 15) is 4.39 Å². The lowest BCUT2D eigenvalue weighted by Gasteiger charge is -2.11. The molecule has 0 atom stereocenters. The fourth-order valence-electron chi connectivity index (χ4n) is 1.35. The summed E-state index contributed by atoms with van der Waals surface area (Å²) in [6.45, 7) is 5.87. The molecule has 0 spiro atoms. The normalized spacial score (nSPS) is 11.8. The van der Waals surface area contributed by atoms with E-state index in [1.807, 2.05) is 20.8 Å². The van der Waals surface area contributed by atoms with Crippen molar-refractivity contribution in [2.75, 3.05) is 5.73 Å². The molecule has 5 heteroatoms. The summed E-state index contributed by atoms with van der Waals surface area (Å²) < 4.78 is 18.6. The van der Waals surface area contributed by atoms with Crippen molar-refractivity contribution in [3.63, 3.8) is 0 Å². The summed E-state index contributed by atoms with van der Waals surface area (Å²) in [4.78, 5) is 0. The van der Waals surface area contributed by atoms with E-state index in [2.05, 4.69) is 10.2 Å². The summed E-state index contributed by atoms with van der Waals surface area (Å²) in [5.74, 6) is 0.354. The van der Waals surface area contributed by atoms with Gasteiger partial charge in [-0.2, -0.15) is 0 Å². The maximum Gasteiger partial charge on any atom is 0.249 e. The molecule has 90 valence electrons. The van der Waals surface area contributed by atoms with Crippen LogP contribution in [0.3, 0.4) is 0 Å². The monoisotopic (exact) mass is 235 g/mol. The van der Waals surface area contributed by atoms with E-state index >= 15 is 0 Å². The molecule has 2 N–H and O–H groups in total. The molecule has 0 saturated heterocycles. The van der Waals surface area contributed by atoms with E-state index < -0.39 is 0 Å². The van der Waals surface area contributed by atoms with E-state index in [1.54, 1.807) is 0 Å². The topological polar surface area (TPSA) is 64.9 Å². The number of aromatic nitrogens is 2. The number of benzene rings is 1. The molecule has 1 aromatic heterocycles. The minimum absolute atomic E-state index is 0.243. The fourth-order valence-corrected chi connectivity index (χ4v) is 1.35. The summed E-state index contributed by atoms with van der Waals surface area (Å²) in [5, 5.41) is 7.83. The highest BCUT2D eigenvalue weighted by Gasteiger charge is 2.22. The number of rotatable bonds is 1. The second kappa shape index (κ2) is 3.84. The molecule has 0 aliphatic rings. The zero-order valence-electron chi connectivity index (χ0n) is 9.99. The largest absolute Gasteiger partial charge is 0.420 e. The van der Waals surface area contributed by atoms with Crippen LogP contribution in [0.15, 0.2) is 22.6 Å². The van der Waals surface area contributed by atoms with Gasteiger partial charge in [0.25, 0.3) is 0 Å². The molecular weight excluding hydrogens is 221 g/mol. The lowest BCUT2D eigenvalue weighted by Crippen LogP contribution is -2.11. The Kier molecular flexibility index (Phi) is 2.61. The Morgan fingerprint density at radius 3 is 2.53 bits per heavy atom. The number of halogens is 1. The Balaban J connectivity index is 2.47. The minimum Gasteiger partial charge on any atom is -0.420 e. The SMILES string of the molecule is CC(C)(C)c1nnc(-c2cc(F)ccc2N)o1. The van der Waals surface area contributed by atoms with Crippen LogP contribution in [0.4, 0.5) is 10.1 Å². The van der Waals surface area contributed by atoms with Crippen LogP contribution in [0.1, 0.15) is 26.7 Å². The van der Waals surface area contributed by atoms with E-state index in [1.165, 1.54) is 18.2 Å². The van der Waals surface area contributed by atoms with Gasteiger partial charge in [-0.25, -0.2) is 4.39 Å². The second-order valence-corrected chi connectivity index (χ2v) is 4.89. The van der Waals surface area contributed by atoms with Crippen LogP contribution in [0.25, 0.3) is 11.5 Å². The first-order chi connectivity index (χ1) is 7.88. The van der Waals surface area contributed by atoms with Crippen molar-refractivity contribution in [1.82, 2.24) is 10.2 Å². The summed E-state index contributed by atoms with van der Waals surface area (Å²) in [7, 11) is 0. The van der Waals surface area contributed by atoms with Gasteiger partial charge in [-0.1, -0.05) is 20.8 Å². The first-order valence-corrected chi connectivity index (χ1v) is 5.27. The van der Waals surface area contributed by atoms with Gasteiger partial charge in [-0.3, -0.25) is 0 Å². The first kappa shape index (κ1) is 11.6. The molecule has 0 fully saturated rings. The quantitative estimate of drug-likeness (QED) is 0.772. The molecule has 2 aromatic rings. The summed E-state index contributed by atoms with van der Waals surface area (Å²) >= 11 is 0. The van der Waals surface area contributed by atoms with Crippen molar-refractivity contribution in [3.8, 4) is 11.5 Å². The first-order valence-electron chi connectivity index (χ1n) is 5.27. The second-order valence-electron chi connectivity index (χ2n) is 4.89. The van der Waals surface area contributed by atoms with Crippen LogP contribution in [0, 0.1) is 5.82 Å². The third-order valence-corrected chi connectivity index (χ3v) is 2.31. The van der Waals surface area contributed by atoms with Gasteiger partial charge in [0, 0.05) is 11.1 Å². The molecule has 4 nitrogen and oxygen atoms in total. The van der Waals surface area contributed by atoms with Gasteiger partial charge < -0.3 is 10.2 Å². The van der Waals surface area contributed by atoms with E-state index in [0.29, 0.717) is 17.1 Å². The predicted molar refractivity (Wildman–Crippen MR) is 62.8 cm³/mol. The molecule has 1 aromatic carbocycles. The van der Waals surface area contributed by atoms with Gasteiger partial charge in [0.05, 0.1) is 5.56 Å². The van der Waals surface area contributed by atoms with Gasteiger partial charge in [-0.15, -0.1) is 10.2 Å². The van der Waals surface area contributed by atoms with Crippen LogP contribution in [-0.2, 0) is 5.41 Å². The van der Waals surface area contributed by atoms with Crippen molar-refractivity contribution >= 4 is 5.69 Å². The van der Waals surface area contributed by atoms with Crippen LogP contribution < -0.4 is 5.73 Å². The van der Waals surface area contributed by atoms with Gasteiger partial charge in [0.15, 0.2) is 0 Å².